The molecule has 2 aromatic carbocycles. The van der Waals surface area contributed by atoms with Crippen LogP contribution in [0.25, 0.3) is 0 Å². The summed E-state index contributed by atoms with van der Waals surface area (Å²) in [4.78, 5) is 16.1. The number of rotatable bonds is 8. The normalized spacial score (nSPS) is 13.7. The molecule has 0 saturated carbocycles. The van der Waals surface area contributed by atoms with E-state index in [4.69, 9.17) is 0 Å². The predicted octanol–water partition coefficient (Wildman–Crippen LogP) is 3.16. The molecule has 1 amide bonds. The van der Waals surface area contributed by atoms with Crippen molar-refractivity contribution in [2.45, 2.75) is 31.2 Å². The Bertz CT molecular complexity index is 980. The number of hydrogen-bond donors (Lipinski definition) is 1. The molecule has 1 aliphatic rings. The molecule has 0 radical (unpaired) electrons. The van der Waals surface area contributed by atoms with Gasteiger partial charge in [0.2, 0.25) is 15.9 Å². The van der Waals surface area contributed by atoms with Crippen LogP contribution in [0.2, 0.25) is 0 Å². The van der Waals surface area contributed by atoms with Crippen molar-refractivity contribution in [3.63, 3.8) is 0 Å². The summed E-state index contributed by atoms with van der Waals surface area (Å²) in [5.74, 6) is 0.00455. The number of halogens is 1. The van der Waals surface area contributed by atoms with Gasteiger partial charge in [-0.1, -0.05) is 37.3 Å². The zero-order valence-corrected chi connectivity index (χ0v) is 19.1. The van der Waals surface area contributed by atoms with E-state index in [2.05, 4.69) is 25.6 Å². The van der Waals surface area contributed by atoms with Crippen LogP contribution in [0, 0.1) is 0 Å². The van der Waals surface area contributed by atoms with Crippen molar-refractivity contribution >= 4 is 37.5 Å². The van der Waals surface area contributed by atoms with Crippen LogP contribution in [0.15, 0.2) is 51.8 Å². The third-order valence-electron chi connectivity index (χ3n) is 5.00. The summed E-state index contributed by atoms with van der Waals surface area (Å²) in [6, 6.07) is 13.5. The van der Waals surface area contributed by atoms with Gasteiger partial charge in [0.15, 0.2) is 0 Å². The monoisotopic (exact) mass is 479 g/mol. The van der Waals surface area contributed by atoms with Crippen LogP contribution in [-0.2, 0) is 27.8 Å². The summed E-state index contributed by atoms with van der Waals surface area (Å²) in [6.45, 7) is 4.03. The summed E-state index contributed by atoms with van der Waals surface area (Å²) in [5, 5.41) is 0. The van der Waals surface area contributed by atoms with Crippen LogP contribution in [0.3, 0.4) is 0 Å². The Morgan fingerprint density at radius 3 is 2.66 bits per heavy atom. The highest BCUT2D eigenvalue weighted by Crippen LogP contribution is 2.35. The molecule has 3 rings (SSSR count). The van der Waals surface area contributed by atoms with Gasteiger partial charge in [-0.2, -0.15) is 0 Å². The van der Waals surface area contributed by atoms with Gasteiger partial charge in [0.05, 0.1) is 4.90 Å². The lowest BCUT2D eigenvalue weighted by atomic mass is 10.2. The molecule has 1 aliphatic heterocycles. The standard InChI is InChI=1S/C21H26BrN3O3S/c1-3-21(26)25-11-9-17-13-18(22)20(14-19(17)25)29(27,28)23-10-12-24(2)15-16-7-5-4-6-8-16/h4-8,13-14,23H,3,9-12,15H2,1-2H3. The second-order valence-corrected chi connectivity index (χ2v) is 9.77. The molecule has 0 bridgehead atoms. The zero-order valence-electron chi connectivity index (χ0n) is 16.7. The van der Waals surface area contributed by atoms with Gasteiger partial charge in [-0.25, -0.2) is 13.1 Å². The second kappa shape index (κ2) is 9.38. The smallest absolute Gasteiger partial charge is 0.241 e. The van der Waals surface area contributed by atoms with Crippen LogP contribution in [0.5, 0.6) is 0 Å². The Balaban J connectivity index is 1.67. The van der Waals surface area contributed by atoms with Crippen LogP contribution in [-0.4, -0.2) is 45.9 Å². The summed E-state index contributed by atoms with van der Waals surface area (Å²) < 4.78 is 29.0. The van der Waals surface area contributed by atoms with E-state index in [0.717, 1.165) is 18.5 Å². The molecule has 29 heavy (non-hydrogen) atoms. The number of nitrogens with zero attached hydrogens (tertiary/aromatic N) is 2. The fourth-order valence-electron chi connectivity index (χ4n) is 3.47. The molecular weight excluding hydrogens is 454 g/mol. The van der Waals surface area contributed by atoms with Gasteiger partial charge in [-0.05, 0) is 52.7 Å². The van der Waals surface area contributed by atoms with Crippen molar-refractivity contribution in [1.82, 2.24) is 9.62 Å². The first-order chi connectivity index (χ1) is 13.8. The van der Waals surface area contributed by atoms with Crippen LogP contribution < -0.4 is 9.62 Å². The highest BCUT2D eigenvalue weighted by molar-refractivity contribution is 9.10. The number of benzene rings is 2. The lowest BCUT2D eigenvalue weighted by Crippen LogP contribution is -2.33. The number of likely N-dealkylation sites (N-methyl/N-ethyl adjacent to an activating group) is 1. The Morgan fingerprint density at radius 2 is 1.97 bits per heavy atom. The molecule has 0 aliphatic carbocycles. The number of nitrogens with one attached hydrogen (secondary N) is 1. The third-order valence-corrected chi connectivity index (χ3v) is 7.42. The first kappa shape index (κ1) is 22.0. The van der Waals surface area contributed by atoms with Crippen LogP contribution in [0.4, 0.5) is 5.69 Å². The van der Waals surface area contributed by atoms with E-state index in [0.29, 0.717) is 36.2 Å². The van der Waals surface area contributed by atoms with Crippen molar-refractivity contribution in [2.24, 2.45) is 0 Å². The Morgan fingerprint density at radius 1 is 1.24 bits per heavy atom. The molecular formula is C21H26BrN3O3S. The van der Waals surface area contributed by atoms with E-state index in [-0.39, 0.29) is 10.8 Å². The van der Waals surface area contributed by atoms with Crippen molar-refractivity contribution < 1.29 is 13.2 Å². The van der Waals surface area contributed by atoms with Crippen LogP contribution in [0.1, 0.15) is 24.5 Å². The molecule has 8 heteroatoms. The highest BCUT2D eigenvalue weighted by Gasteiger charge is 2.28. The fraction of sp³-hybridized carbons (Fsp3) is 0.381. The maximum Gasteiger partial charge on any atom is 0.241 e. The molecule has 0 fully saturated rings. The molecule has 0 spiro atoms. The molecule has 0 unspecified atom stereocenters. The van der Waals surface area contributed by atoms with Crippen molar-refractivity contribution in [1.29, 1.82) is 0 Å². The average molecular weight is 480 g/mol. The van der Waals surface area contributed by atoms with Crippen molar-refractivity contribution in [2.75, 3.05) is 31.6 Å². The largest absolute Gasteiger partial charge is 0.312 e. The summed E-state index contributed by atoms with van der Waals surface area (Å²) in [7, 11) is -1.74. The molecule has 2 aromatic rings. The lowest BCUT2D eigenvalue weighted by Gasteiger charge is -2.19. The van der Waals surface area contributed by atoms with Crippen LogP contribution >= 0.6 is 15.9 Å². The molecule has 0 atom stereocenters. The van der Waals surface area contributed by atoms with Crippen molar-refractivity contribution in [3.8, 4) is 0 Å². The Hall–Kier alpha value is -1.74. The summed E-state index contributed by atoms with van der Waals surface area (Å²) >= 11 is 3.39. The Labute approximate surface area is 181 Å². The molecule has 1 heterocycles. The quantitative estimate of drug-likeness (QED) is 0.631. The summed E-state index contributed by atoms with van der Waals surface area (Å²) in [5.41, 5.74) is 2.86. The maximum absolute atomic E-state index is 12.9. The number of amides is 1. The average Bonchev–Trinajstić information content (AvgIpc) is 3.10. The maximum atomic E-state index is 12.9. The molecule has 6 nitrogen and oxygen atoms in total. The van der Waals surface area contributed by atoms with E-state index in [1.165, 1.54) is 5.56 Å². The van der Waals surface area contributed by atoms with Gasteiger partial charge in [0.25, 0.3) is 0 Å². The predicted molar refractivity (Wildman–Crippen MR) is 118 cm³/mol. The lowest BCUT2D eigenvalue weighted by molar-refractivity contribution is -0.118. The minimum absolute atomic E-state index is 0.00455. The number of anilines is 1. The number of sulfonamides is 1. The zero-order chi connectivity index (χ0) is 21.0. The summed E-state index contributed by atoms with van der Waals surface area (Å²) in [6.07, 6.45) is 1.13. The van der Waals surface area contributed by atoms with Gasteiger partial charge >= 0.3 is 0 Å². The molecule has 156 valence electrons. The van der Waals surface area contributed by atoms with E-state index in [1.807, 2.05) is 50.4 Å². The molecule has 0 aromatic heterocycles. The van der Waals surface area contributed by atoms with Gasteiger partial charge < -0.3 is 9.80 Å². The number of carbonyl (C=O) groups is 1. The molecule has 1 N–H and O–H groups in total. The number of carbonyl (C=O) groups excluding carboxylic acids is 1. The highest BCUT2D eigenvalue weighted by atomic mass is 79.9. The van der Waals surface area contributed by atoms with E-state index >= 15 is 0 Å². The Kier molecular flexibility index (Phi) is 7.10. The van der Waals surface area contributed by atoms with E-state index in [9.17, 15) is 13.2 Å². The fourth-order valence-corrected chi connectivity index (χ4v) is 5.59. The van der Waals surface area contributed by atoms with Crippen molar-refractivity contribution in [3.05, 3.63) is 58.1 Å². The van der Waals surface area contributed by atoms with Gasteiger partial charge in [-0.3, -0.25) is 4.79 Å². The van der Waals surface area contributed by atoms with E-state index in [1.54, 1.807) is 11.0 Å². The first-order valence-electron chi connectivity index (χ1n) is 9.66. The third kappa shape index (κ3) is 5.25. The number of hydrogen-bond acceptors (Lipinski definition) is 4. The first-order valence-corrected chi connectivity index (χ1v) is 11.9. The van der Waals surface area contributed by atoms with Gasteiger partial charge in [0, 0.05) is 42.8 Å². The second-order valence-electron chi connectivity index (χ2n) is 7.18. The van der Waals surface area contributed by atoms with Gasteiger partial charge in [-0.15, -0.1) is 0 Å². The minimum Gasteiger partial charge on any atom is -0.312 e. The van der Waals surface area contributed by atoms with Gasteiger partial charge in [0.1, 0.15) is 0 Å². The number of fused-ring (bicyclic) bond motifs is 1. The van der Waals surface area contributed by atoms with E-state index < -0.39 is 10.0 Å². The molecule has 0 saturated heterocycles. The SMILES string of the molecule is CCC(=O)N1CCc2cc(Br)c(S(=O)(=O)NCCN(C)Cc3ccccc3)cc21. The minimum atomic E-state index is -3.70. The topological polar surface area (TPSA) is 69.7 Å².